The van der Waals surface area contributed by atoms with Crippen molar-refractivity contribution >= 4 is 39.3 Å². The molecule has 0 aliphatic rings. The number of aryl methyl sites for hydroxylation is 1. The predicted molar refractivity (Wildman–Crippen MR) is 57.0 cm³/mol. The summed E-state index contributed by atoms with van der Waals surface area (Å²) >= 11 is 7.53. The van der Waals surface area contributed by atoms with Crippen molar-refractivity contribution in [2.24, 2.45) is 0 Å². The Kier molecular flexibility index (Phi) is 2.10. The van der Waals surface area contributed by atoms with Gasteiger partial charge in [-0.2, -0.15) is 0 Å². The van der Waals surface area contributed by atoms with Gasteiger partial charge in [0, 0.05) is 0 Å². The third-order valence-electron chi connectivity index (χ3n) is 1.95. The quantitative estimate of drug-likeness (QED) is 0.657. The Balaban J connectivity index is 2.83. The van der Waals surface area contributed by atoms with E-state index in [0.717, 1.165) is 31.8 Å². The van der Waals surface area contributed by atoms with Gasteiger partial charge in [-0.1, -0.05) is 23.7 Å². The summed E-state index contributed by atoms with van der Waals surface area (Å²) in [4.78, 5) is 11.3. The van der Waals surface area contributed by atoms with Crippen LogP contribution in [0.1, 0.15) is 15.2 Å². The first-order valence-electron chi connectivity index (χ1n) is 3.86. The number of rotatable bonds is 1. The molecule has 1 aromatic carbocycles. The van der Waals surface area contributed by atoms with Crippen LogP contribution in [0.25, 0.3) is 10.1 Å². The summed E-state index contributed by atoms with van der Waals surface area (Å²) in [7, 11) is 0. The number of hydrogen-bond acceptors (Lipinski definition) is 2. The van der Waals surface area contributed by atoms with Gasteiger partial charge in [-0.25, -0.2) is 0 Å². The van der Waals surface area contributed by atoms with Gasteiger partial charge in [-0.3, -0.25) is 4.79 Å². The van der Waals surface area contributed by atoms with E-state index in [1.165, 1.54) is 11.3 Å². The maximum absolute atomic E-state index is 10.5. The van der Waals surface area contributed by atoms with Crippen LogP contribution in [0.3, 0.4) is 0 Å². The highest BCUT2D eigenvalue weighted by Crippen LogP contribution is 2.33. The number of benzene rings is 1. The summed E-state index contributed by atoms with van der Waals surface area (Å²) in [5, 5.41) is 1.80. The van der Waals surface area contributed by atoms with Crippen LogP contribution in [0, 0.1) is 6.92 Å². The van der Waals surface area contributed by atoms with Crippen molar-refractivity contribution in [3.05, 3.63) is 33.7 Å². The van der Waals surface area contributed by atoms with E-state index in [-0.39, 0.29) is 0 Å². The molecule has 0 atom stereocenters. The number of carbonyl (C=O) groups is 1. The SMILES string of the molecule is Cc1ccc2cc(C=O)sc2c1Cl. The lowest BCUT2D eigenvalue weighted by molar-refractivity contribution is 0.112. The molecule has 0 amide bonds. The number of hydrogen-bond donors (Lipinski definition) is 0. The van der Waals surface area contributed by atoms with Gasteiger partial charge >= 0.3 is 0 Å². The molecular formula is C10H7ClOS. The third-order valence-corrected chi connectivity index (χ3v) is 3.65. The smallest absolute Gasteiger partial charge is 0.160 e. The van der Waals surface area contributed by atoms with Gasteiger partial charge in [0.25, 0.3) is 0 Å². The molecule has 0 fully saturated rings. The third kappa shape index (κ3) is 1.36. The molecule has 1 nitrogen and oxygen atoms in total. The minimum Gasteiger partial charge on any atom is -0.297 e. The van der Waals surface area contributed by atoms with Gasteiger partial charge < -0.3 is 0 Å². The second-order valence-corrected chi connectivity index (χ2v) is 4.34. The Morgan fingerprint density at radius 3 is 2.92 bits per heavy atom. The van der Waals surface area contributed by atoms with E-state index in [2.05, 4.69) is 0 Å². The first-order valence-corrected chi connectivity index (χ1v) is 5.05. The van der Waals surface area contributed by atoms with Crippen LogP contribution in [0.5, 0.6) is 0 Å². The van der Waals surface area contributed by atoms with E-state index in [4.69, 9.17) is 11.6 Å². The van der Waals surface area contributed by atoms with Crippen molar-refractivity contribution < 1.29 is 4.79 Å². The number of halogens is 1. The zero-order chi connectivity index (χ0) is 9.42. The molecule has 0 bridgehead atoms. The van der Waals surface area contributed by atoms with Crippen molar-refractivity contribution in [2.75, 3.05) is 0 Å². The first-order chi connectivity index (χ1) is 6.22. The molecule has 13 heavy (non-hydrogen) atoms. The largest absolute Gasteiger partial charge is 0.297 e. The Morgan fingerprint density at radius 1 is 1.46 bits per heavy atom. The van der Waals surface area contributed by atoms with Crippen LogP contribution < -0.4 is 0 Å². The van der Waals surface area contributed by atoms with Gasteiger partial charge in [0.1, 0.15) is 0 Å². The molecule has 3 heteroatoms. The summed E-state index contributed by atoms with van der Waals surface area (Å²) in [5.74, 6) is 0. The molecule has 1 heterocycles. The zero-order valence-corrected chi connectivity index (χ0v) is 8.58. The molecule has 0 saturated heterocycles. The van der Waals surface area contributed by atoms with Crippen LogP contribution >= 0.6 is 22.9 Å². The van der Waals surface area contributed by atoms with E-state index >= 15 is 0 Å². The lowest BCUT2D eigenvalue weighted by atomic mass is 10.2. The van der Waals surface area contributed by atoms with Gasteiger partial charge in [0.05, 0.1) is 14.6 Å². The van der Waals surface area contributed by atoms with Crippen molar-refractivity contribution in [3.8, 4) is 0 Å². The van der Waals surface area contributed by atoms with Crippen LogP contribution in [0.15, 0.2) is 18.2 Å². The van der Waals surface area contributed by atoms with Crippen molar-refractivity contribution in [1.82, 2.24) is 0 Å². The molecule has 2 aromatic rings. The van der Waals surface area contributed by atoms with Gasteiger partial charge in [0.15, 0.2) is 6.29 Å². The highest BCUT2D eigenvalue weighted by atomic mass is 35.5. The molecule has 1 aromatic heterocycles. The van der Waals surface area contributed by atoms with Gasteiger partial charge in [-0.05, 0) is 23.9 Å². The van der Waals surface area contributed by atoms with E-state index < -0.39 is 0 Å². The molecular weight excluding hydrogens is 204 g/mol. The van der Waals surface area contributed by atoms with Crippen molar-refractivity contribution in [3.63, 3.8) is 0 Å². The van der Waals surface area contributed by atoms with Crippen LogP contribution in [-0.2, 0) is 0 Å². The normalized spacial score (nSPS) is 10.6. The topological polar surface area (TPSA) is 17.1 Å². The van der Waals surface area contributed by atoms with Crippen LogP contribution in [-0.4, -0.2) is 6.29 Å². The predicted octanol–water partition coefficient (Wildman–Crippen LogP) is 3.68. The fourth-order valence-electron chi connectivity index (χ4n) is 1.25. The summed E-state index contributed by atoms with van der Waals surface area (Å²) in [6, 6.07) is 5.81. The number of thiophene rings is 1. The summed E-state index contributed by atoms with van der Waals surface area (Å²) < 4.78 is 1.00. The molecule has 0 unspecified atom stereocenters. The lowest BCUT2D eigenvalue weighted by Gasteiger charge is -1.96. The summed E-state index contributed by atoms with van der Waals surface area (Å²) in [6.07, 6.45) is 0.857. The molecule has 0 saturated carbocycles. The Labute approximate surface area is 84.9 Å². The second-order valence-electron chi connectivity index (χ2n) is 2.88. The average molecular weight is 211 g/mol. The zero-order valence-electron chi connectivity index (χ0n) is 7.00. The van der Waals surface area contributed by atoms with E-state index in [9.17, 15) is 4.79 Å². The molecule has 66 valence electrons. The second kappa shape index (κ2) is 3.13. The monoisotopic (exact) mass is 210 g/mol. The van der Waals surface area contributed by atoms with Crippen LogP contribution in [0.4, 0.5) is 0 Å². The highest BCUT2D eigenvalue weighted by molar-refractivity contribution is 7.21. The first kappa shape index (κ1) is 8.73. The number of carbonyl (C=O) groups excluding carboxylic acids is 1. The lowest BCUT2D eigenvalue weighted by Crippen LogP contribution is -1.72. The number of fused-ring (bicyclic) bond motifs is 1. The molecule has 2 rings (SSSR count). The van der Waals surface area contributed by atoms with E-state index in [1.807, 2.05) is 25.1 Å². The van der Waals surface area contributed by atoms with E-state index in [0.29, 0.717) is 0 Å². The Bertz CT molecular complexity index is 473. The Hall–Kier alpha value is -0.860. The number of aldehydes is 1. The molecule has 0 aliphatic carbocycles. The maximum atomic E-state index is 10.5. The highest BCUT2D eigenvalue weighted by Gasteiger charge is 2.06. The van der Waals surface area contributed by atoms with Gasteiger partial charge in [0.2, 0.25) is 0 Å². The van der Waals surface area contributed by atoms with Crippen LogP contribution in [0.2, 0.25) is 5.02 Å². The van der Waals surface area contributed by atoms with Gasteiger partial charge in [-0.15, -0.1) is 11.3 Å². The molecule has 0 N–H and O–H groups in total. The average Bonchev–Trinajstić information content (AvgIpc) is 2.55. The summed E-state index contributed by atoms with van der Waals surface area (Å²) in [5.41, 5.74) is 1.05. The minimum absolute atomic E-state index is 0.725. The van der Waals surface area contributed by atoms with E-state index in [1.54, 1.807) is 0 Å². The van der Waals surface area contributed by atoms with Crippen molar-refractivity contribution in [1.29, 1.82) is 0 Å². The fraction of sp³-hybridized carbons (Fsp3) is 0.100. The Morgan fingerprint density at radius 2 is 2.23 bits per heavy atom. The maximum Gasteiger partial charge on any atom is 0.160 e. The standard InChI is InChI=1S/C10H7ClOS/c1-6-2-3-7-4-8(5-12)13-10(7)9(6)11/h2-5H,1H3. The summed E-state index contributed by atoms with van der Waals surface area (Å²) in [6.45, 7) is 1.96. The minimum atomic E-state index is 0.725. The van der Waals surface area contributed by atoms with Crippen molar-refractivity contribution in [2.45, 2.75) is 6.92 Å². The molecule has 0 radical (unpaired) electrons. The molecule has 0 spiro atoms. The fourth-order valence-corrected chi connectivity index (χ4v) is 2.50. The molecule has 0 aliphatic heterocycles.